The summed E-state index contributed by atoms with van der Waals surface area (Å²) in [5.41, 5.74) is 3.42. The highest BCUT2D eigenvalue weighted by atomic mass is 32.1. The first-order valence-electron chi connectivity index (χ1n) is 7.77. The van der Waals surface area contributed by atoms with Crippen molar-refractivity contribution in [3.8, 4) is 0 Å². The Hall–Kier alpha value is -1.83. The fourth-order valence-corrected chi connectivity index (χ4v) is 3.14. The second-order valence-electron chi connectivity index (χ2n) is 5.76. The number of hydrogen-bond donors (Lipinski definition) is 1. The lowest BCUT2D eigenvalue weighted by Gasteiger charge is -2.32. The Morgan fingerprint density at radius 2 is 2.42 bits per heavy atom. The minimum atomic E-state index is -0.514. The number of hydrogen-bond acceptors (Lipinski definition) is 5. The Balaban J connectivity index is 1.63. The number of nitrogens with zero attached hydrogens (tertiary/aromatic N) is 1. The Morgan fingerprint density at radius 3 is 3.17 bits per heavy atom. The molecule has 1 amide bonds. The van der Waals surface area contributed by atoms with Crippen LogP contribution in [0.1, 0.15) is 28.0 Å². The molecule has 24 heavy (non-hydrogen) atoms. The molecule has 7 heteroatoms. The molecule has 1 aliphatic heterocycles. The molecule has 5 nitrogen and oxygen atoms in total. The zero-order valence-electron chi connectivity index (χ0n) is 13.3. The van der Waals surface area contributed by atoms with Gasteiger partial charge in [0.25, 0.3) is 5.91 Å². The van der Waals surface area contributed by atoms with E-state index in [0.717, 1.165) is 11.3 Å². The normalized spacial score (nSPS) is 20.8. The van der Waals surface area contributed by atoms with Crippen molar-refractivity contribution in [3.63, 3.8) is 0 Å². The molecular formula is C17H19FN2O3S. The third-order valence-electron chi connectivity index (χ3n) is 3.92. The van der Waals surface area contributed by atoms with E-state index in [4.69, 9.17) is 9.47 Å². The first kappa shape index (κ1) is 17.0. The van der Waals surface area contributed by atoms with Crippen molar-refractivity contribution >= 4 is 17.2 Å². The third-order valence-corrected chi connectivity index (χ3v) is 4.55. The maximum Gasteiger partial charge on any atom is 0.254 e. The number of rotatable bonds is 5. The highest BCUT2D eigenvalue weighted by Gasteiger charge is 2.29. The van der Waals surface area contributed by atoms with E-state index in [9.17, 15) is 9.18 Å². The molecule has 0 radical (unpaired) electrons. The van der Waals surface area contributed by atoms with E-state index in [2.05, 4.69) is 10.3 Å². The molecule has 1 fully saturated rings. The number of benzene rings is 1. The van der Waals surface area contributed by atoms with Gasteiger partial charge in [-0.3, -0.25) is 4.79 Å². The molecule has 128 valence electrons. The average molecular weight is 350 g/mol. The maximum atomic E-state index is 14.0. The van der Waals surface area contributed by atoms with Crippen LogP contribution in [0.5, 0.6) is 0 Å². The van der Waals surface area contributed by atoms with Crippen molar-refractivity contribution in [2.45, 2.75) is 32.1 Å². The second-order valence-corrected chi connectivity index (χ2v) is 6.47. The van der Waals surface area contributed by atoms with E-state index in [1.54, 1.807) is 18.5 Å². The molecule has 0 bridgehead atoms. The summed E-state index contributed by atoms with van der Waals surface area (Å²) < 4.78 is 25.2. The molecule has 1 aliphatic rings. The van der Waals surface area contributed by atoms with E-state index >= 15 is 0 Å². The minimum Gasteiger partial charge on any atom is -0.379 e. The molecular weight excluding hydrogens is 331 g/mol. The standard InChI is InChI=1S/C17H19FN2O3S/c1-11-2-3-13(14(18)6-11)17(21)20-15-4-5-22-8-16(15)23-7-12-9-24-10-19-12/h2-3,6,9-10,15-16H,4-5,7-8H2,1H3,(H,20,21)/t15-,16-/m1/s1. The summed E-state index contributed by atoms with van der Waals surface area (Å²) in [6.45, 7) is 3.08. The van der Waals surface area contributed by atoms with Crippen molar-refractivity contribution in [3.05, 3.63) is 51.7 Å². The van der Waals surface area contributed by atoms with Crippen LogP contribution in [0.2, 0.25) is 0 Å². The van der Waals surface area contributed by atoms with Crippen molar-refractivity contribution in [2.24, 2.45) is 0 Å². The van der Waals surface area contributed by atoms with Crippen LogP contribution in [0.3, 0.4) is 0 Å². The number of aryl methyl sites for hydroxylation is 1. The van der Waals surface area contributed by atoms with Crippen LogP contribution in [-0.2, 0) is 16.1 Å². The molecule has 1 aromatic heterocycles. The molecule has 3 rings (SSSR count). The lowest BCUT2D eigenvalue weighted by atomic mass is 10.0. The smallest absolute Gasteiger partial charge is 0.254 e. The predicted octanol–water partition coefficient (Wildman–Crippen LogP) is 2.69. The molecule has 1 aromatic carbocycles. The highest BCUT2D eigenvalue weighted by molar-refractivity contribution is 7.07. The van der Waals surface area contributed by atoms with Gasteiger partial charge < -0.3 is 14.8 Å². The quantitative estimate of drug-likeness (QED) is 0.901. The maximum absolute atomic E-state index is 14.0. The lowest BCUT2D eigenvalue weighted by molar-refractivity contribution is -0.0742. The first-order valence-corrected chi connectivity index (χ1v) is 8.71. The molecule has 1 saturated heterocycles. The van der Waals surface area contributed by atoms with E-state index in [-0.39, 0.29) is 17.7 Å². The first-order chi connectivity index (χ1) is 11.6. The molecule has 0 unspecified atom stereocenters. The van der Waals surface area contributed by atoms with Crippen molar-refractivity contribution in [1.82, 2.24) is 10.3 Å². The molecule has 2 heterocycles. The van der Waals surface area contributed by atoms with Gasteiger partial charge >= 0.3 is 0 Å². The minimum absolute atomic E-state index is 0.0466. The van der Waals surface area contributed by atoms with Gasteiger partial charge in [-0.05, 0) is 31.0 Å². The summed E-state index contributed by atoms with van der Waals surface area (Å²) in [6.07, 6.45) is 0.346. The molecule has 0 saturated carbocycles. The van der Waals surface area contributed by atoms with Crippen LogP contribution < -0.4 is 5.32 Å². The van der Waals surface area contributed by atoms with Gasteiger partial charge in [0.2, 0.25) is 0 Å². The number of carbonyl (C=O) groups is 1. The van der Waals surface area contributed by atoms with Crippen molar-refractivity contribution < 1.29 is 18.7 Å². The van der Waals surface area contributed by atoms with E-state index in [1.807, 2.05) is 5.38 Å². The molecule has 2 atom stereocenters. The van der Waals surface area contributed by atoms with Crippen LogP contribution in [0.4, 0.5) is 4.39 Å². The zero-order valence-corrected chi connectivity index (χ0v) is 14.1. The summed E-state index contributed by atoms with van der Waals surface area (Å²) in [4.78, 5) is 16.5. The van der Waals surface area contributed by atoms with E-state index in [1.165, 1.54) is 23.5 Å². The number of halogens is 1. The van der Waals surface area contributed by atoms with Gasteiger partial charge in [-0.2, -0.15) is 0 Å². The van der Waals surface area contributed by atoms with Gasteiger partial charge in [-0.25, -0.2) is 9.37 Å². The van der Waals surface area contributed by atoms with Gasteiger partial charge in [0.1, 0.15) is 11.9 Å². The average Bonchev–Trinajstić information content (AvgIpc) is 3.07. The summed E-state index contributed by atoms with van der Waals surface area (Å²) in [7, 11) is 0. The number of amides is 1. The SMILES string of the molecule is Cc1ccc(C(=O)N[C@@H]2CCOC[C@H]2OCc2cscn2)c(F)c1. The van der Waals surface area contributed by atoms with E-state index < -0.39 is 11.7 Å². The monoisotopic (exact) mass is 350 g/mol. The number of thiazole rings is 1. The Morgan fingerprint density at radius 1 is 1.54 bits per heavy atom. The molecule has 2 aromatic rings. The topological polar surface area (TPSA) is 60.5 Å². The summed E-state index contributed by atoms with van der Waals surface area (Å²) in [5.74, 6) is -0.943. The van der Waals surface area contributed by atoms with Gasteiger partial charge in [0, 0.05) is 12.0 Å². The van der Waals surface area contributed by atoms with Crippen LogP contribution >= 0.6 is 11.3 Å². The fourth-order valence-electron chi connectivity index (χ4n) is 2.59. The number of nitrogens with one attached hydrogen (secondary N) is 1. The summed E-state index contributed by atoms with van der Waals surface area (Å²) in [5, 5.41) is 4.79. The van der Waals surface area contributed by atoms with Crippen LogP contribution in [0.25, 0.3) is 0 Å². The van der Waals surface area contributed by atoms with Gasteiger partial charge in [0.05, 0.1) is 36.0 Å². The second kappa shape index (κ2) is 7.83. The predicted molar refractivity (Wildman–Crippen MR) is 88.5 cm³/mol. The molecule has 0 aliphatic carbocycles. The lowest BCUT2D eigenvalue weighted by Crippen LogP contribution is -2.50. The fraction of sp³-hybridized carbons (Fsp3) is 0.412. The Kier molecular flexibility index (Phi) is 5.55. The third kappa shape index (κ3) is 4.17. The highest BCUT2D eigenvalue weighted by Crippen LogP contribution is 2.16. The Bertz CT molecular complexity index is 693. The van der Waals surface area contributed by atoms with Crippen LogP contribution in [-0.4, -0.2) is 36.3 Å². The molecule has 0 spiro atoms. The van der Waals surface area contributed by atoms with Gasteiger partial charge in [-0.1, -0.05) is 6.07 Å². The van der Waals surface area contributed by atoms with E-state index in [0.29, 0.717) is 26.2 Å². The number of aromatic nitrogens is 1. The van der Waals surface area contributed by atoms with Crippen LogP contribution in [0.15, 0.2) is 29.1 Å². The van der Waals surface area contributed by atoms with Gasteiger partial charge in [-0.15, -0.1) is 11.3 Å². The largest absolute Gasteiger partial charge is 0.379 e. The van der Waals surface area contributed by atoms with Crippen LogP contribution in [0, 0.1) is 12.7 Å². The zero-order chi connectivity index (χ0) is 16.9. The summed E-state index contributed by atoms with van der Waals surface area (Å²) in [6, 6.07) is 4.36. The van der Waals surface area contributed by atoms with Crippen molar-refractivity contribution in [2.75, 3.05) is 13.2 Å². The Labute approximate surface area is 143 Å². The van der Waals surface area contributed by atoms with Gasteiger partial charge in [0.15, 0.2) is 0 Å². The number of ether oxygens (including phenoxy) is 2. The summed E-state index contributed by atoms with van der Waals surface area (Å²) >= 11 is 1.50. The molecule has 1 N–H and O–H groups in total. The van der Waals surface area contributed by atoms with Crippen molar-refractivity contribution in [1.29, 1.82) is 0 Å². The number of carbonyl (C=O) groups excluding carboxylic acids is 1.